The summed E-state index contributed by atoms with van der Waals surface area (Å²) in [5.74, 6) is 1.46. The van der Waals surface area contributed by atoms with Gasteiger partial charge in [0, 0.05) is 18.7 Å². The highest BCUT2D eigenvalue weighted by Gasteiger charge is 2.09. The van der Waals surface area contributed by atoms with Crippen LogP contribution in [0.1, 0.15) is 17.0 Å². The molecule has 2 N–H and O–H groups in total. The molecule has 22 heavy (non-hydrogen) atoms. The van der Waals surface area contributed by atoms with Crippen LogP contribution in [0, 0.1) is 6.92 Å². The highest BCUT2D eigenvalue weighted by Crippen LogP contribution is 2.17. The van der Waals surface area contributed by atoms with Gasteiger partial charge in [-0.2, -0.15) is 11.8 Å². The third-order valence-electron chi connectivity index (χ3n) is 3.18. The Hall–Kier alpha value is -1.40. The summed E-state index contributed by atoms with van der Waals surface area (Å²) >= 11 is 3.26. The molecule has 2 rings (SSSR count). The number of aromatic nitrogens is 2. The number of hydrogen-bond acceptors (Lipinski definition) is 4. The van der Waals surface area contributed by atoms with Crippen LogP contribution in [0.2, 0.25) is 0 Å². The molecule has 0 fully saturated rings. The minimum absolute atomic E-state index is 0.0218. The Bertz CT molecular complexity index is 599. The van der Waals surface area contributed by atoms with Gasteiger partial charge in [-0.25, -0.2) is 4.98 Å². The zero-order valence-electron chi connectivity index (χ0n) is 12.9. The van der Waals surface area contributed by atoms with Crippen molar-refractivity contribution >= 4 is 29.4 Å². The second-order valence-electron chi connectivity index (χ2n) is 4.91. The van der Waals surface area contributed by atoms with Gasteiger partial charge in [0.25, 0.3) is 0 Å². The van der Waals surface area contributed by atoms with Crippen LogP contribution in [0.5, 0.6) is 0 Å². The number of hydrogen-bond donors (Lipinski definition) is 2. The summed E-state index contributed by atoms with van der Waals surface area (Å²) in [6, 6.07) is 9.91. The van der Waals surface area contributed by atoms with E-state index in [2.05, 4.69) is 21.5 Å². The van der Waals surface area contributed by atoms with E-state index in [1.54, 1.807) is 0 Å². The highest BCUT2D eigenvalue weighted by molar-refractivity contribution is 7.99. The molecule has 0 saturated carbocycles. The van der Waals surface area contributed by atoms with E-state index in [-0.39, 0.29) is 5.91 Å². The number of rotatable bonds is 8. The van der Waals surface area contributed by atoms with Crippen LogP contribution in [0.3, 0.4) is 0 Å². The summed E-state index contributed by atoms with van der Waals surface area (Å²) in [6.07, 6.45) is 3.05. The van der Waals surface area contributed by atoms with Crippen molar-refractivity contribution in [3.8, 4) is 0 Å². The minimum atomic E-state index is 0.0218. The lowest BCUT2D eigenvalue weighted by Gasteiger charge is -2.04. The van der Waals surface area contributed by atoms with Crippen molar-refractivity contribution in [2.75, 3.05) is 17.8 Å². The average Bonchev–Trinajstić information content (AvgIpc) is 2.90. The number of imidazole rings is 1. The van der Waals surface area contributed by atoms with Gasteiger partial charge in [0.2, 0.25) is 5.91 Å². The Morgan fingerprint density at radius 1 is 1.32 bits per heavy atom. The molecule has 2 aromatic rings. The molecule has 0 aliphatic carbocycles. The van der Waals surface area contributed by atoms with Crippen LogP contribution < -0.4 is 5.32 Å². The Kier molecular flexibility index (Phi) is 6.86. The summed E-state index contributed by atoms with van der Waals surface area (Å²) in [7, 11) is 0. The molecule has 1 heterocycles. The van der Waals surface area contributed by atoms with Crippen LogP contribution >= 0.6 is 23.5 Å². The maximum Gasteiger partial charge on any atom is 0.230 e. The van der Waals surface area contributed by atoms with Crippen molar-refractivity contribution in [2.45, 2.75) is 25.0 Å². The molecule has 118 valence electrons. The average molecular weight is 335 g/mol. The van der Waals surface area contributed by atoms with E-state index in [1.165, 1.54) is 11.8 Å². The first-order chi connectivity index (χ1) is 10.7. The van der Waals surface area contributed by atoms with E-state index in [0.29, 0.717) is 12.3 Å². The Labute approximate surface area is 139 Å². The Morgan fingerprint density at radius 2 is 2.09 bits per heavy atom. The van der Waals surface area contributed by atoms with Crippen LogP contribution in [-0.4, -0.2) is 33.6 Å². The van der Waals surface area contributed by atoms with E-state index in [4.69, 9.17) is 0 Å². The first kappa shape index (κ1) is 17.0. The number of amides is 1. The largest absolute Gasteiger partial charge is 0.351 e. The van der Waals surface area contributed by atoms with Gasteiger partial charge in [-0.3, -0.25) is 4.79 Å². The van der Waals surface area contributed by atoms with Crippen molar-refractivity contribution in [3.63, 3.8) is 0 Å². The fraction of sp³-hybridized carbons (Fsp3) is 0.375. The maximum atomic E-state index is 11.9. The molecule has 6 heteroatoms. The van der Waals surface area contributed by atoms with Crippen molar-refractivity contribution in [3.05, 3.63) is 47.3 Å². The smallest absolute Gasteiger partial charge is 0.230 e. The number of aryl methyl sites for hydroxylation is 2. The van der Waals surface area contributed by atoms with Crippen LogP contribution in [0.4, 0.5) is 0 Å². The molecule has 0 spiro atoms. The monoisotopic (exact) mass is 335 g/mol. The number of H-pyrrole nitrogens is 1. The Balaban J connectivity index is 1.76. The highest BCUT2D eigenvalue weighted by atomic mass is 32.2. The molecule has 0 aliphatic rings. The van der Waals surface area contributed by atoms with Gasteiger partial charge in [0.1, 0.15) is 0 Å². The first-order valence-corrected chi connectivity index (χ1v) is 9.55. The van der Waals surface area contributed by atoms with E-state index < -0.39 is 0 Å². The number of benzene rings is 1. The van der Waals surface area contributed by atoms with Gasteiger partial charge >= 0.3 is 0 Å². The normalized spacial score (nSPS) is 10.6. The molecule has 0 bridgehead atoms. The van der Waals surface area contributed by atoms with Crippen LogP contribution in [-0.2, 0) is 17.8 Å². The van der Waals surface area contributed by atoms with Crippen LogP contribution in [0.25, 0.3) is 0 Å². The number of nitrogens with one attached hydrogen (secondary N) is 2. The second-order valence-corrected chi connectivity index (χ2v) is 6.86. The summed E-state index contributed by atoms with van der Waals surface area (Å²) in [4.78, 5) is 19.7. The van der Waals surface area contributed by atoms with Gasteiger partial charge in [0.05, 0.1) is 11.4 Å². The summed E-state index contributed by atoms with van der Waals surface area (Å²) in [5, 5.41) is 3.74. The van der Waals surface area contributed by atoms with Gasteiger partial charge in [-0.15, -0.1) is 0 Å². The standard InChI is InChI=1S/C16H21N3OS2/c1-12-14(8-9-21-2)19-16(18-12)22-11-15(20)17-10-13-6-4-3-5-7-13/h3-7H,8-11H2,1-2H3,(H,17,20)(H,18,19). The topological polar surface area (TPSA) is 57.8 Å². The van der Waals surface area contributed by atoms with Gasteiger partial charge in [0.15, 0.2) is 5.16 Å². The zero-order chi connectivity index (χ0) is 15.8. The van der Waals surface area contributed by atoms with E-state index >= 15 is 0 Å². The first-order valence-electron chi connectivity index (χ1n) is 7.17. The molecule has 0 radical (unpaired) electrons. The van der Waals surface area contributed by atoms with E-state index in [0.717, 1.165) is 34.3 Å². The molecular formula is C16H21N3OS2. The lowest BCUT2D eigenvalue weighted by molar-refractivity contribution is -0.118. The number of nitrogens with zero attached hydrogens (tertiary/aromatic N) is 1. The molecule has 0 atom stereocenters. The third kappa shape index (κ3) is 5.42. The third-order valence-corrected chi connectivity index (χ3v) is 4.66. The molecule has 1 aromatic heterocycles. The molecule has 0 saturated heterocycles. The molecule has 1 amide bonds. The molecular weight excluding hydrogens is 314 g/mol. The lowest BCUT2D eigenvalue weighted by atomic mass is 10.2. The van der Waals surface area contributed by atoms with E-state index in [9.17, 15) is 4.79 Å². The quantitative estimate of drug-likeness (QED) is 0.728. The molecule has 1 aromatic carbocycles. The zero-order valence-corrected chi connectivity index (χ0v) is 14.5. The fourth-order valence-electron chi connectivity index (χ4n) is 1.96. The molecule has 4 nitrogen and oxygen atoms in total. The maximum absolute atomic E-state index is 11.9. The van der Waals surface area contributed by atoms with Crippen LogP contribution in [0.15, 0.2) is 35.5 Å². The summed E-state index contributed by atoms with van der Waals surface area (Å²) in [6.45, 7) is 2.60. The Morgan fingerprint density at radius 3 is 2.82 bits per heavy atom. The number of carbonyl (C=O) groups excluding carboxylic acids is 1. The molecule has 0 aliphatic heterocycles. The van der Waals surface area contributed by atoms with Crippen molar-refractivity contribution in [2.24, 2.45) is 0 Å². The fourth-order valence-corrected chi connectivity index (χ4v) is 3.13. The van der Waals surface area contributed by atoms with E-state index in [1.807, 2.05) is 49.0 Å². The number of carbonyl (C=O) groups is 1. The SMILES string of the molecule is CSCCc1nc(SCC(=O)NCc2ccccc2)[nH]c1C. The minimum Gasteiger partial charge on any atom is -0.351 e. The second kappa shape index (κ2) is 8.90. The molecule has 0 unspecified atom stereocenters. The van der Waals surface area contributed by atoms with Gasteiger partial charge < -0.3 is 10.3 Å². The predicted molar refractivity (Wildman–Crippen MR) is 94.4 cm³/mol. The summed E-state index contributed by atoms with van der Waals surface area (Å²) < 4.78 is 0. The number of aromatic amines is 1. The van der Waals surface area contributed by atoms with Crippen molar-refractivity contribution in [1.82, 2.24) is 15.3 Å². The summed E-state index contributed by atoms with van der Waals surface area (Å²) in [5.41, 5.74) is 3.30. The van der Waals surface area contributed by atoms with Gasteiger partial charge in [-0.1, -0.05) is 42.1 Å². The van der Waals surface area contributed by atoms with Gasteiger partial charge in [-0.05, 0) is 24.5 Å². The number of thioether (sulfide) groups is 2. The van der Waals surface area contributed by atoms with Crippen molar-refractivity contribution in [1.29, 1.82) is 0 Å². The van der Waals surface area contributed by atoms with Crippen molar-refractivity contribution < 1.29 is 4.79 Å². The predicted octanol–water partition coefficient (Wildman–Crippen LogP) is 3.03. The lowest BCUT2D eigenvalue weighted by Crippen LogP contribution is -2.24.